The van der Waals surface area contributed by atoms with Crippen LogP contribution in [0.3, 0.4) is 0 Å². The minimum absolute atomic E-state index is 0.0715. The van der Waals surface area contributed by atoms with Crippen molar-refractivity contribution in [2.75, 3.05) is 26.4 Å². The maximum absolute atomic E-state index is 12.1. The van der Waals surface area contributed by atoms with Crippen LogP contribution in [0.25, 0.3) is 27.4 Å². The van der Waals surface area contributed by atoms with Crippen LogP contribution in [0.5, 0.6) is 0 Å². The molecule has 1 aliphatic rings. The molecule has 2 aromatic heterocycles. The van der Waals surface area contributed by atoms with E-state index in [9.17, 15) is 4.79 Å². The number of nitrogens with two attached hydrogens (primary N) is 1. The van der Waals surface area contributed by atoms with Gasteiger partial charge < -0.3 is 10.6 Å². The molecule has 0 radical (unpaired) electrons. The number of hydrogen-bond donors (Lipinski definition) is 1. The smallest absolute Gasteiger partial charge is 0.226 e. The summed E-state index contributed by atoms with van der Waals surface area (Å²) in [6, 6.07) is 6.13. The Morgan fingerprint density at radius 1 is 1.33 bits per heavy atom. The normalized spacial score (nSPS) is 14.7. The molecule has 1 atom stereocenters. The molecule has 138 valence electrons. The van der Waals surface area contributed by atoms with E-state index >= 15 is 0 Å². The molecule has 1 amide bonds. The van der Waals surface area contributed by atoms with Crippen molar-refractivity contribution in [1.29, 1.82) is 0 Å². The summed E-state index contributed by atoms with van der Waals surface area (Å²) in [4.78, 5) is 22.5. The lowest BCUT2D eigenvalue weighted by Gasteiger charge is -2.16. The Bertz CT molecular complexity index is 1110. The molecule has 3 aromatic rings. The van der Waals surface area contributed by atoms with Crippen molar-refractivity contribution < 1.29 is 4.79 Å². The van der Waals surface area contributed by atoms with Crippen LogP contribution in [-0.4, -0.2) is 52.4 Å². The fourth-order valence-electron chi connectivity index (χ4n) is 3.45. The van der Waals surface area contributed by atoms with Gasteiger partial charge in [-0.3, -0.25) is 14.5 Å². The molecule has 27 heavy (non-hydrogen) atoms. The second-order valence-corrected chi connectivity index (χ2v) is 7.16. The molecule has 0 fully saturated rings. The number of carbonyl (C=O) groups excluding carboxylic acids is 1. The average molecular weight is 362 g/mol. The van der Waals surface area contributed by atoms with E-state index in [1.54, 1.807) is 23.7 Å². The van der Waals surface area contributed by atoms with Crippen molar-refractivity contribution in [3.8, 4) is 0 Å². The van der Waals surface area contributed by atoms with E-state index in [1.165, 1.54) is 5.57 Å². The Hall–Kier alpha value is -3.22. The van der Waals surface area contributed by atoms with Gasteiger partial charge in [-0.1, -0.05) is 13.0 Å². The van der Waals surface area contributed by atoms with Crippen molar-refractivity contribution in [3.63, 3.8) is 0 Å². The van der Waals surface area contributed by atoms with Gasteiger partial charge in [0.05, 0.1) is 29.9 Å². The Morgan fingerprint density at radius 3 is 2.85 bits per heavy atom. The Labute approximate surface area is 157 Å². The van der Waals surface area contributed by atoms with Gasteiger partial charge in [-0.15, -0.1) is 0 Å². The summed E-state index contributed by atoms with van der Waals surface area (Å²) in [7, 11) is 3.52. The lowest BCUT2D eigenvalue weighted by atomic mass is 10.0. The monoisotopic (exact) mass is 362 g/mol. The second-order valence-electron chi connectivity index (χ2n) is 7.16. The van der Waals surface area contributed by atoms with Crippen molar-refractivity contribution in [2.45, 2.75) is 13.5 Å². The summed E-state index contributed by atoms with van der Waals surface area (Å²) in [6.45, 7) is 3.09. The summed E-state index contributed by atoms with van der Waals surface area (Å²) in [6.07, 6.45) is 5.71. The number of aliphatic imine (C=N–C) groups is 1. The number of carbonyl (C=O) groups is 1. The predicted octanol–water partition coefficient (Wildman–Crippen LogP) is 2.36. The first-order valence-corrected chi connectivity index (χ1v) is 8.91. The molecule has 1 aromatic carbocycles. The van der Waals surface area contributed by atoms with E-state index in [0.29, 0.717) is 18.9 Å². The van der Waals surface area contributed by atoms with Gasteiger partial charge in [0.15, 0.2) is 0 Å². The van der Waals surface area contributed by atoms with Crippen LogP contribution >= 0.6 is 0 Å². The van der Waals surface area contributed by atoms with Crippen LogP contribution in [0.2, 0.25) is 0 Å². The summed E-state index contributed by atoms with van der Waals surface area (Å²) in [5, 5.41) is 6.46. The van der Waals surface area contributed by atoms with E-state index in [4.69, 9.17) is 10.8 Å². The van der Waals surface area contributed by atoms with Gasteiger partial charge in [-0.25, -0.2) is 4.98 Å². The minimum Gasteiger partial charge on any atom is -0.383 e. The topological polar surface area (TPSA) is 89.4 Å². The quantitative estimate of drug-likeness (QED) is 0.771. The third kappa shape index (κ3) is 3.05. The first-order valence-electron chi connectivity index (χ1n) is 8.91. The van der Waals surface area contributed by atoms with Gasteiger partial charge >= 0.3 is 0 Å². The number of pyridine rings is 1. The predicted molar refractivity (Wildman–Crippen MR) is 109 cm³/mol. The average Bonchev–Trinajstić information content (AvgIpc) is 3.30. The van der Waals surface area contributed by atoms with E-state index < -0.39 is 0 Å². The molecule has 7 heteroatoms. The van der Waals surface area contributed by atoms with Gasteiger partial charge in [0.2, 0.25) is 5.91 Å². The summed E-state index contributed by atoms with van der Waals surface area (Å²) in [5.41, 5.74) is 10.1. The van der Waals surface area contributed by atoms with E-state index in [0.717, 1.165) is 27.4 Å². The molecule has 0 aliphatic carbocycles. The molecule has 7 nitrogen and oxygen atoms in total. The number of aromatic nitrogens is 3. The number of nitrogen functional groups attached to an aromatic ring is 1. The molecule has 0 spiro atoms. The molecule has 0 bridgehead atoms. The Balaban J connectivity index is 1.75. The largest absolute Gasteiger partial charge is 0.383 e. The van der Waals surface area contributed by atoms with Gasteiger partial charge in [0.25, 0.3) is 0 Å². The number of fused-ring (bicyclic) bond motifs is 3. The number of anilines is 1. The zero-order chi connectivity index (χ0) is 19.1. The third-order valence-electron chi connectivity index (χ3n) is 4.87. The van der Waals surface area contributed by atoms with Crippen LogP contribution in [0.15, 0.2) is 35.5 Å². The van der Waals surface area contributed by atoms with Crippen molar-refractivity contribution in [1.82, 2.24) is 19.7 Å². The number of nitrogens with zero attached hydrogens (tertiary/aromatic N) is 5. The number of rotatable bonds is 4. The summed E-state index contributed by atoms with van der Waals surface area (Å²) in [5.74, 6) is 0.349. The molecular weight excluding hydrogens is 340 g/mol. The number of hydrogen-bond acceptors (Lipinski definition) is 5. The fourth-order valence-corrected chi connectivity index (χ4v) is 3.45. The lowest BCUT2D eigenvalue weighted by molar-refractivity contribution is -0.132. The maximum Gasteiger partial charge on any atom is 0.226 e. The van der Waals surface area contributed by atoms with Crippen LogP contribution < -0.4 is 5.73 Å². The highest BCUT2D eigenvalue weighted by Gasteiger charge is 2.18. The molecule has 4 rings (SSSR count). The van der Waals surface area contributed by atoms with Crippen LogP contribution in [0.4, 0.5) is 5.82 Å². The van der Waals surface area contributed by atoms with E-state index in [-0.39, 0.29) is 11.8 Å². The molecular formula is C20H22N6O. The van der Waals surface area contributed by atoms with Crippen molar-refractivity contribution in [3.05, 3.63) is 36.0 Å². The standard InChI is InChI=1S/C20H22N6O/c1-12(20(27)25(2)3)10-26-11-16-18(24-26)15-5-4-13(14-6-7-22-9-14)8-17(15)23-19(16)21/h4-8,11-12H,9-10H2,1-3H3,(H2,21,23). The van der Waals surface area contributed by atoms with Gasteiger partial charge in [0, 0.05) is 31.9 Å². The van der Waals surface area contributed by atoms with Crippen molar-refractivity contribution in [2.24, 2.45) is 10.9 Å². The first-order chi connectivity index (χ1) is 12.9. The minimum atomic E-state index is -0.171. The SMILES string of the molecule is CC(Cn1cc2c(N)nc3cc(C4=CC=NC4)ccc3c2n1)C(=O)N(C)C. The number of allylic oxidation sites excluding steroid dienone is 1. The first kappa shape index (κ1) is 17.2. The zero-order valence-corrected chi connectivity index (χ0v) is 15.7. The molecule has 1 unspecified atom stereocenters. The molecule has 1 aliphatic heterocycles. The van der Waals surface area contributed by atoms with Crippen LogP contribution in [-0.2, 0) is 11.3 Å². The van der Waals surface area contributed by atoms with E-state index in [2.05, 4.69) is 16.0 Å². The highest BCUT2D eigenvalue weighted by Crippen LogP contribution is 2.29. The van der Waals surface area contributed by atoms with Gasteiger partial charge in [-0.2, -0.15) is 5.10 Å². The maximum atomic E-state index is 12.1. The van der Waals surface area contributed by atoms with Gasteiger partial charge in [0.1, 0.15) is 11.3 Å². The second kappa shape index (κ2) is 6.50. The molecule has 0 saturated heterocycles. The Kier molecular flexibility index (Phi) is 4.14. The summed E-state index contributed by atoms with van der Waals surface area (Å²) < 4.78 is 1.79. The van der Waals surface area contributed by atoms with Crippen LogP contribution in [0, 0.1) is 5.92 Å². The number of benzene rings is 1. The third-order valence-corrected chi connectivity index (χ3v) is 4.87. The molecule has 3 heterocycles. The Morgan fingerprint density at radius 2 is 2.15 bits per heavy atom. The highest BCUT2D eigenvalue weighted by atomic mass is 16.2. The van der Waals surface area contributed by atoms with E-state index in [1.807, 2.05) is 37.5 Å². The summed E-state index contributed by atoms with van der Waals surface area (Å²) >= 11 is 0. The molecule has 2 N–H and O–H groups in total. The molecule has 0 saturated carbocycles. The highest BCUT2D eigenvalue weighted by molar-refractivity contribution is 6.08. The zero-order valence-electron chi connectivity index (χ0n) is 15.7. The van der Waals surface area contributed by atoms with Crippen LogP contribution in [0.1, 0.15) is 12.5 Å². The number of amides is 1. The van der Waals surface area contributed by atoms with Crippen molar-refractivity contribution >= 4 is 45.3 Å². The fraction of sp³-hybridized carbons (Fsp3) is 0.300. The lowest BCUT2D eigenvalue weighted by Crippen LogP contribution is -2.30. The van der Waals surface area contributed by atoms with Gasteiger partial charge in [-0.05, 0) is 29.3 Å².